The molecule has 3 aromatic rings. The van der Waals surface area contributed by atoms with Crippen molar-refractivity contribution in [2.75, 3.05) is 6.54 Å². The molecule has 1 aliphatic rings. The zero-order chi connectivity index (χ0) is 18.9. The molecule has 1 fully saturated rings. The van der Waals surface area contributed by atoms with Crippen molar-refractivity contribution in [1.82, 2.24) is 9.29 Å². The van der Waals surface area contributed by atoms with Crippen molar-refractivity contribution in [3.05, 3.63) is 70.1 Å². The number of rotatable bonds is 4. The van der Waals surface area contributed by atoms with Gasteiger partial charge in [0.15, 0.2) is 0 Å². The Morgan fingerprint density at radius 1 is 1.11 bits per heavy atom. The number of benzene rings is 2. The largest absolute Gasteiger partial charge is 0.239 e. The van der Waals surface area contributed by atoms with Crippen molar-refractivity contribution >= 4 is 37.7 Å². The van der Waals surface area contributed by atoms with E-state index in [0.29, 0.717) is 6.54 Å². The summed E-state index contributed by atoms with van der Waals surface area (Å²) in [6.07, 6.45) is 4.41. The van der Waals surface area contributed by atoms with Crippen LogP contribution >= 0.6 is 11.3 Å². The van der Waals surface area contributed by atoms with E-state index < -0.39 is 10.0 Å². The third-order valence-corrected chi connectivity index (χ3v) is 7.59. The monoisotopic (exact) mass is 398 g/mol. The van der Waals surface area contributed by atoms with Gasteiger partial charge in [-0.3, -0.25) is 0 Å². The van der Waals surface area contributed by atoms with Crippen LogP contribution in [0.3, 0.4) is 0 Å². The molecule has 140 valence electrons. The highest BCUT2D eigenvalue weighted by Gasteiger charge is 2.33. The minimum Gasteiger partial charge on any atom is -0.239 e. The Balaban J connectivity index is 1.63. The van der Waals surface area contributed by atoms with Crippen LogP contribution in [-0.2, 0) is 10.0 Å². The number of aromatic nitrogens is 1. The van der Waals surface area contributed by atoms with Gasteiger partial charge in [0, 0.05) is 12.0 Å². The first kappa shape index (κ1) is 18.3. The Kier molecular flexibility index (Phi) is 5.12. The summed E-state index contributed by atoms with van der Waals surface area (Å²) in [5.41, 5.74) is 2.98. The van der Waals surface area contributed by atoms with Crippen LogP contribution in [0.1, 0.15) is 41.4 Å². The van der Waals surface area contributed by atoms with Gasteiger partial charge in [0.2, 0.25) is 10.0 Å². The van der Waals surface area contributed by atoms with Crippen molar-refractivity contribution in [3.63, 3.8) is 0 Å². The van der Waals surface area contributed by atoms with Gasteiger partial charge in [-0.2, -0.15) is 4.31 Å². The molecule has 0 aliphatic carbocycles. The molecule has 27 heavy (non-hydrogen) atoms. The minimum absolute atomic E-state index is 0.177. The number of piperidine rings is 1. The maximum atomic E-state index is 13.0. The Bertz CT molecular complexity index is 1040. The highest BCUT2D eigenvalue weighted by molar-refractivity contribution is 7.92. The summed E-state index contributed by atoms with van der Waals surface area (Å²) < 4.78 is 28.8. The third-order valence-electron chi connectivity index (χ3n) is 4.89. The Hall–Kier alpha value is -2.02. The molecule has 0 N–H and O–H groups in total. The lowest BCUT2D eigenvalue weighted by molar-refractivity contribution is 0.258. The predicted molar refractivity (Wildman–Crippen MR) is 112 cm³/mol. The lowest BCUT2D eigenvalue weighted by Gasteiger charge is -2.32. The van der Waals surface area contributed by atoms with E-state index in [4.69, 9.17) is 4.98 Å². The van der Waals surface area contributed by atoms with E-state index in [1.54, 1.807) is 21.7 Å². The van der Waals surface area contributed by atoms with Crippen LogP contribution in [0.25, 0.3) is 16.3 Å². The normalized spacial score (nSPS) is 19.1. The van der Waals surface area contributed by atoms with Gasteiger partial charge in [-0.05, 0) is 43.5 Å². The molecule has 0 amide bonds. The van der Waals surface area contributed by atoms with Crippen LogP contribution in [-0.4, -0.2) is 24.3 Å². The van der Waals surface area contributed by atoms with Crippen LogP contribution in [0, 0.1) is 6.92 Å². The highest BCUT2D eigenvalue weighted by Crippen LogP contribution is 2.37. The van der Waals surface area contributed by atoms with Crippen molar-refractivity contribution in [3.8, 4) is 0 Å². The smallest absolute Gasteiger partial charge is 0.236 e. The molecule has 0 spiro atoms. The summed E-state index contributed by atoms with van der Waals surface area (Å²) in [4.78, 5) is 4.72. The first-order valence-corrected chi connectivity index (χ1v) is 11.5. The summed E-state index contributed by atoms with van der Waals surface area (Å²) >= 11 is 1.60. The molecule has 2 heterocycles. The molecule has 2 aromatic carbocycles. The van der Waals surface area contributed by atoms with E-state index in [-0.39, 0.29) is 6.04 Å². The summed E-state index contributed by atoms with van der Waals surface area (Å²) in [5, 5.41) is 2.23. The Morgan fingerprint density at radius 3 is 2.67 bits per heavy atom. The van der Waals surface area contributed by atoms with Crippen LogP contribution in [0.15, 0.2) is 53.9 Å². The molecule has 0 saturated carbocycles. The third kappa shape index (κ3) is 3.98. The fraction of sp³-hybridized carbons (Fsp3) is 0.286. The van der Waals surface area contributed by atoms with Gasteiger partial charge >= 0.3 is 0 Å². The molecular formula is C21H22N2O2S2. The average molecular weight is 399 g/mol. The maximum Gasteiger partial charge on any atom is 0.236 e. The summed E-state index contributed by atoms with van der Waals surface area (Å²) in [6, 6.07) is 15.6. The Labute approximate surface area is 164 Å². The van der Waals surface area contributed by atoms with Gasteiger partial charge in [-0.1, -0.05) is 48.4 Å². The Morgan fingerprint density at radius 2 is 1.89 bits per heavy atom. The quantitative estimate of drug-likeness (QED) is 0.612. The van der Waals surface area contributed by atoms with Crippen molar-refractivity contribution < 1.29 is 8.42 Å². The second-order valence-corrected chi connectivity index (χ2v) is 9.73. The fourth-order valence-corrected chi connectivity index (χ4v) is 6.02. The zero-order valence-corrected chi connectivity index (χ0v) is 16.8. The number of fused-ring (bicyclic) bond motifs is 1. The standard InChI is InChI=1S/C21H22N2O2S2/c1-16-9-11-17(12-10-16)13-15-27(24,25)23-14-5-4-7-19(23)21-22-18-6-2-3-8-20(18)26-21/h2-3,6,8-13,15,19H,4-5,7,14H2,1H3/b15-13+. The number of sulfonamides is 1. The van der Waals surface area contributed by atoms with Gasteiger partial charge in [0.05, 0.1) is 16.3 Å². The van der Waals surface area contributed by atoms with Crippen LogP contribution in [0.5, 0.6) is 0 Å². The number of para-hydroxylation sites is 1. The molecule has 0 bridgehead atoms. The zero-order valence-electron chi connectivity index (χ0n) is 15.2. The SMILES string of the molecule is Cc1ccc(/C=C/S(=O)(=O)N2CCCCC2c2nc3ccccc3s2)cc1. The van der Waals surface area contributed by atoms with Crippen molar-refractivity contribution in [2.24, 2.45) is 0 Å². The van der Waals surface area contributed by atoms with Gasteiger partial charge in [-0.15, -0.1) is 11.3 Å². The minimum atomic E-state index is -3.51. The van der Waals surface area contributed by atoms with E-state index in [2.05, 4.69) is 0 Å². The molecule has 6 heteroatoms. The molecule has 1 atom stereocenters. The number of nitrogens with zero attached hydrogens (tertiary/aromatic N) is 2. The molecule has 1 aliphatic heterocycles. The second-order valence-electron chi connectivity index (χ2n) is 6.90. The predicted octanol–water partition coefficient (Wildman–Crippen LogP) is 5.13. The first-order chi connectivity index (χ1) is 13.0. The van der Waals surface area contributed by atoms with Gasteiger partial charge in [-0.25, -0.2) is 13.4 Å². The lowest BCUT2D eigenvalue weighted by Crippen LogP contribution is -2.37. The van der Waals surface area contributed by atoms with Crippen LogP contribution in [0.2, 0.25) is 0 Å². The van der Waals surface area contributed by atoms with E-state index >= 15 is 0 Å². The molecular weight excluding hydrogens is 376 g/mol. The molecule has 1 aromatic heterocycles. The van der Waals surface area contributed by atoms with Crippen LogP contribution in [0.4, 0.5) is 0 Å². The molecule has 4 nitrogen and oxygen atoms in total. The topological polar surface area (TPSA) is 50.3 Å². The van der Waals surface area contributed by atoms with E-state index in [0.717, 1.165) is 45.6 Å². The number of hydrogen-bond donors (Lipinski definition) is 0. The summed E-state index contributed by atoms with van der Waals surface area (Å²) in [6.45, 7) is 2.56. The molecule has 4 rings (SSSR count). The maximum absolute atomic E-state index is 13.0. The van der Waals surface area contributed by atoms with E-state index in [9.17, 15) is 8.42 Å². The van der Waals surface area contributed by atoms with Crippen LogP contribution < -0.4 is 0 Å². The molecule has 0 radical (unpaired) electrons. The number of hydrogen-bond acceptors (Lipinski definition) is 4. The highest BCUT2D eigenvalue weighted by atomic mass is 32.2. The van der Waals surface area contributed by atoms with Gasteiger partial charge in [0.1, 0.15) is 5.01 Å². The van der Waals surface area contributed by atoms with Crippen molar-refractivity contribution in [2.45, 2.75) is 32.2 Å². The van der Waals surface area contributed by atoms with Gasteiger partial charge in [0.25, 0.3) is 0 Å². The van der Waals surface area contributed by atoms with Crippen molar-refractivity contribution in [1.29, 1.82) is 0 Å². The van der Waals surface area contributed by atoms with Gasteiger partial charge < -0.3 is 0 Å². The fourth-order valence-electron chi connectivity index (χ4n) is 3.41. The molecule has 1 saturated heterocycles. The van der Waals surface area contributed by atoms with E-state index in [1.807, 2.05) is 55.5 Å². The molecule has 1 unspecified atom stereocenters. The lowest BCUT2D eigenvalue weighted by atomic mass is 10.1. The first-order valence-electron chi connectivity index (χ1n) is 9.15. The summed E-state index contributed by atoms with van der Waals surface area (Å²) in [5.74, 6) is 0. The second kappa shape index (κ2) is 7.54. The number of aryl methyl sites for hydroxylation is 1. The summed E-state index contributed by atoms with van der Waals surface area (Å²) in [7, 11) is -3.51. The van der Waals surface area contributed by atoms with E-state index in [1.165, 1.54) is 5.41 Å². The average Bonchev–Trinajstić information content (AvgIpc) is 3.12. The number of thiazole rings is 1.